The molecule has 3 aromatic rings. The largest absolute Gasteiger partial charge is 0.494 e. The number of furan rings is 1. The van der Waals surface area contributed by atoms with Crippen LogP contribution in [-0.2, 0) is 22.6 Å². The predicted octanol–water partition coefficient (Wildman–Crippen LogP) is 4.73. The minimum absolute atomic E-state index is 0.116. The molecule has 1 aromatic heterocycles. The number of aryl methyl sites for hydroxylation is 1. The van der Waals surface area contributed by atoms with Gasteiger partial charge in [-0.25, -0.2) is 0 Å². The zero-order valence-corrected chi connectivity index (χ0v) is 20.3. The second-order valence-corrected chi connectivity index (χ2v) is 9.14. The van der Waals surface area contributed by atoms with Crippen LogP contribution in [0.1, 0.15) is 23.8 Å². The van der Waals surface area contributed by atoms with E-state index in [0.717, 1.165) is 11.1 Å². The molecule has 1 aliphatic heterocycles. The first kappa shape index (κ1) is 24.2. The van der Waals surface area contributed by atoms with Crippen molar-refractivity contribution in [1.29, 1.82) is 5.26 Å². The average Bonchev–Trinajstić information content (AvgIpc) is 3.49. The topological polar surface area (TPSA) is 95.6 Å². The van der Waals surface area contributed by atoms with Gasteiger partial charge in [0.1, 0.15) is 28.2 Å². The fourth-order valence-corrected chi connectivity index (χ4v) is 5.00. The maximum atomic E-state index is 13.6. The predicted molar refractivity (Wildman–Crippen MR) is 135 cm³/mol. The van der Waals surface area contributed by atoms with Crippen molar-refractivity contribution in [2.24, 2.45) is 0 Å². The first-order valence-electron chi connectivity index (χ1n) is 11.2. The summed E-state index contributed by atoms with van der Waals surface area (Å²) in [7, 11) is 0. The smallest absolute Gasteiger partial charge is 0.265 e. The summed E-state index contributed by atoms with van der Waals surface area (Å²) >= 11 is 1.24. The number of carbonyl (C=O) groups excluding carboxylic acids is 2. The molecule has 0 bridgehead atoms. The molecule has 1 aliphatic rings. The van der Waals surface area contributed by atoms with E-state index in [2.05, 4.69) is 5.32 Å². The van der Waals surface area contributed by atoms with Crippen LogP contribution in [0.25, 0.3) is 0 Å². The van der Waals surface area contributed by atoms with Gasteiger partial charge in [-0.15, -0.1) is 0 Å². The molecule has 0 saturated carbocycles. The van der Waals surface area contributed by atoms with Crippen LogP contribution >= 0.6 is 11.8 Å². The van der Waals surface area contributed by atoms with E-state index in [-0.39, 0.29) is 18.0 Å². The second kappa shape index (κ2) is 11.0. The van der Waals surface area contributed by atoms with E-state index >= 15 is 0 Å². The highest BCUT2D eigenvalue weighted by atomic mass is 32.2. The third-order valence-corrected chi connectivity index (χ3v) is 6.72. The van der Waals surface area contributed by atoms with Crippen molar-refractivity contribution < 1.29 is 18.7 Å². The third-order valence-electron chi connectivity index (χ3n) is 5.46. The van der Waals surface area contributed by atoms with Gasteiger partial charge in [-0.1, -0.05) is 41.6 Å². The zero-order chi connectivity index (χ0) is 24.8. The highest BCUT2D eigenvalue weighted by Crippen LogP contribution is 2.42. The molecule has 1 N–H and O–H groups in total. The quantitative estimate of drug-likeness (QED) is 0.365. The third kappa shape index (κ3) is 5.58. The molecule has 7 nitrogen and oxygen atoms in total. The number of hydrogen-bond acceptors (Lipinski definition) is 6. The molecular formula is C27H25N3O4S. The fourth-order valence-electron chi connectivity index (χ4n) is 3.69. The van der Waals surface area contributed by atoms with Crippen LogP contribution in [0.5, 0.6) is 5.75 Å². The van der Waals surface area contributed by atoms with Crippen molar-refractivity contribution >= 4 is 29.3 Å². The van der Waals surface area contributed by atoms with Gasteiger partial charge in [0.05, 0.1) is 24.7 Å². The molecule has 2 amide bonds. The van der Waals surface area contributed by atoms with Gasteiger partial charge < -0.3 is 14.5 Å². The van der Waals surface area contributed by atoms with Crippen molar-refractivity contribution in [2.75, 3.05) is 11.5 Å². The Morgan fingerprint density at radius 2 is 1.91 bits per heavy atom. The lowest BCUT2D eigenvalue weighted by molar-refractivity contribution is -0.117. The number of nitriles is 1. The lowest BCUT2D eigenvalue weighted by Gasteiger charge is -2.19. The van der Waals surface area contributed by atoms with Gasteiger partial charge in [-0.05, 0) is 62.2 Å². The molecule has 1 unspecified atom stereocenters. The lowest BCUT2D eigenvalue weighted by atomic mass is 10.1. The highest BCUT2D eigenvalue weighted by Gasteiger charge is 2.40. The minimum atomic E-state index is -0.564. The molecule has 8 heteroatoms. The van der Waals surface area contributed by atoms with Gasteiger partial charge in [0, 0.05) is 5.69 Å². The summed E-state index contributed by atoms with van der Waals surface area (Å²) in [5.41, 5.74) is 2.60. The number of rotatable bonds is 8. The van der Waals surface area contributed by atoms with Gasteiger partial charge >= 0.3 is 0 Å². The Morgan fingerprint density at radius 1 is 1.17 bits per heavy atom. The van der Waals surface area contributed by atoms with E-state index in [1.165, 1.54) is 22.9 Å². The van der Waals surface area contributed by atoms with Gasteiger partial charge in [-0.3, -0.25) is 14.5 Å². The SMILES string of the molecule is CCOc1ccc(N2C(=O)C(Cc3ccc(C)cc3)S/C2=C(/C#N)C(=O)NCc2ccco2)cc1. The molecule has 178 valence electrons. The number of hydrogen-bond donors (Lipinski definition) is 1. The van der Waals surface area contributed by atoms with Crippen molar-refractivity contribution in [1.82, 2.24) is 5.32 Å². The number of benzene rings is 2. The van der Waals surface area contributed by atoms with Crippen LogP contribution in [0.15, 0.2) is 81.9 Å². The maximum Gasteiger partial charge on any atom is 0.265 e. The fraction of sp³-hybridized carbons (Fsp3) is 0.222. The second-order valence-electron chi connectivity index (χ2n) is 7.95. The van der Waals surface area contributed by atoms with Crippen LogP contribution in [0.4, 0.5) is 5.69 Å². The Kier molecular flexibility index (Phi) is 7.58. The van der Waals surface area contributed by atoms with E-state index in [0.29, 0.717) is 35.3 Å². The molecular weight excluding hydrogens is 462 g/mol. The van der Waals surface area contributed by atoms with Gasteiger partial charge in [0.25, 0.3) is 5.91 Å². The zero-order valence-electron chi connectivity index (χ0n) is 19.5. The summed E-state index contributed by atoms with van der Waals surface area (Å²) in [5, 5.41) is 12.5. The van der Waals surface area contributed by atoms with Crippen molar-refractivity contribution in [3.05, 3.63) is 94.4 Å². The first-order chi connectivity index (χ1) is 17.0. The molecule has 0 aliphatic carbocycles. The Labute approximate surface area is 208 Å². The monoisotopic (exact) mass is 487 g/mol. The summed E-state index contributed by atoms with van der Waals surface area (Å²) in [4.78, 5) is 28.0. The minimum Gasteiger partial charge on any atom is -0.494 e. The van der Waals surface area contributed by atoms with Crippen molar-refractivity contribution in [3.63, 3.8) is 0 Å². The standard InChI is InChI=1S/C27H25N3O4S/c1-3-33-21-12-10-20(11-13-21)30-26(32)24(15-19-8-6-18(2)7-9-19)35-27(30)23(16-28)25(31)29-17-22-5-4-14-34-22/h4-14,24H,3,15,17H2,1-2H3,(H,29,31)/b27-23-. The summed E-state index contributed by atoms with van der Waals surface area (Å²) in [6, 6.07) is 20.5. The van der Waals surface area contributed by atoms with Crippen LogP contribution in [-0.4, -0.2) is 23.7 Å². The van der Waals surface area contributed by atoms with Crippen LogP contribution in [0.3, 0.4) is 0 Å². The number of nitrogens with zero attached hydrogens (tertiary/aromatic N) is 2. The first-order valence-corrected chi connectivity index (χ1v) is 12.1. The summed E-state index contributed by atoms with van der Waals surface area (Å²) in [6.45, 7) is 4.56. The molecule has 1 fully saturated rings. The van der Waals surface area contributed by atoms with Gasteiger partial charge in [-0.2, -0.15) is 5.26 Å². The van der Waals surface area contributed by atoms with Gasteiger partial charge in [0.2, 0.25) is 5.91 Å². The van der Waals surface area contributed by atoms with E-state index < -0.39 is 11.2 Å². The Balaban J connectivity index is 1.67. The number of thioether (sulfide) groups is 1. The molecule has 2 aromatic carbocycles. The molecule has 0 spiro atoms. The van der Waals surface area contributed by atoms with E-state index in [1.54, 1.807) is 36.4 Å². The molecule has 1 saturated heterocycles. The van der Waals surface area contributed by atoms with Crippen molar-refractivity contribution in [3.8, 4) is 11.8 Å². The molecule has 0 radical (unpaired) electrons. The Hall–Kier alpha value is -3.96. The summed E-state index contributed by atoms with van der Waals surface area (Å²) in [5.74, 6) is 0.498. The lowest BCUT2D eigenvalue weighted by Crippen LogP contribution is -2.32. The van der Waals surface area contributed by atoms with Crippen LogP contribution in [0.2, 0.25) is 0 Å². The maximum absolute atomic E-state index is 13.6. The van der Waals surface area contributed by atoms with E-state index in [4.69, 9.17) is 9.15 Å². The van der Waals surface area contributed by atoms with E-state index in [1.807, 2.05) is 44.2 Å². The number of ether oxygens (including phenoxy) is 1. The Morgan fingerprint density at radius 3 is 2.54 bits per heavy atom. The average molecular weight is 488 g/mol. The number of carbonyl (C=O) groups is 2. The molecule has 4 rings (SSSR count). The van der Waals surface area contributed by atoms with Crippen molar-refractivity contribution in [2.45, 2.75) is 32.1 Å². The molecule has 2 heterocycles. The van der Waals surface area contributed by atoms with E-state index in [9.17, 15) is 14.9 Å². The normalized spacial score (nSPS) is 16.7. The summed E-state index contributed by atoms with van der Waals surface area (Å²) in [6.07, 6.45) is 1.99. The number of nitrogens with one attached hydrogen (secondary N) is 1. The summed E-state index contributed by atoms with van der Waals surface area (Å²) < 4.78 is 10.8. The highest BCUT2D eigenvalue weighted by molar-refractivity contribution is 8.05. The van der Waals surface area contributed by atoms with Crippen LogP contribution < -0.4 is 15.0 Å². The Bertz CT molecular complexity index is 1260. The number of anilines is 1. The molecule has 35 heavy (non-hydrogen) atoms. The van der Waals surface area contributed by atoms with Crippen LogP contribution in [0, 0.1) is 18.3 Å². The van der Waals surface area contributed by atoms with Gasteiger partial charge in [0.15, 0.2) is 0 Å². The number of amides is 2. The molecule has 1 atom stereocenters.